The van der Waals surface area contributed by atoms with Crippen LogP contribution < -0.4 is 0 Å². The Balaban J connectivity index is -0.0000000800. The predicted molar refractivity (Wildman–Crippen MR) is 71.8 cm³/mol. The number of allylic oxidation sites excluding steroid dienone is 2. The van der Waals surface area contributed by atoms with E-state index >= 15 is 0 Å². The summed E-state index contributed by atoms with van der Waals surface area (Å²) in [5, 5.41) is 0. The largest absolute Gasteiger partial charge is 2.00 e. The van der Waals surface area contributed by atoms with Gasteiger partial charge in [-0.1, -0.05) is 66.2 Å². The van der Waals surface area contributed by atoms with Crippen LogP contribution in [0.3, 0.4) is 0 Å². The van der Waals surface area contributed by atoms with Gasteiger partial charge in [-0.25, -0.2) is 0 Å². The van der Waals surface area contributed by atoms with E-state index in [1.165, 1.54) is 25.7 Å². The molecule has 16 heavy (non-hydrogen) atoms. The van der Waals surface area contributed by atoms with Crippen molar-refractivity contribution in [3.05, 3.63) is 24.3 Å². The quantitative estimate of drug-likeness (QED) is 0.481. The van der Waals surface area contributed by atoms with Crippen LogP contribution in [0.1, 0.15) is 66.2 Å². The molecule has 0 rings (SSSR count). The van der Waals surface area contributed by atoms with Crippen molar-refractivity contribution in [2.45, 2.75) is 66.2 Å². The van der Waals surface area contributed by atoms with E-state index in [2.05, 4.69) is 13.8 Å². The molecule has 94 valence electrons. The molecule has 2 heteroatoms. The Morgan fingerprint density at radius 1 is 0.812 bits per heavy atom. The van der Waals surface area contributed by atoms with Gasteiger partial charge in [0.05, 0.1) is 0 Å². The molecular weight excluding hydrogens is 239 g/mol. The molecule has 0 aromatic heterocycles. The third-order valence-corrected chi connectivity index (χ3v) is 1.85. The maximum Gasteiger partial charge on any atom is 2.00 e. The van der Waals surface area contributed by atoms with Crippen molar-refractivity contribution in [2.24, 2.45) is 0 Å². The van der Waals surface area contributed by atoms with Gasteiger partial charge in [0.15, 0.2) is 0 Å². The molecule has 0 N–H and O–H groups in total. The zero-order valence-electron chi connectivity index (χ0n) is 11.7. The van der Waals surface area contributed by atoms with E-state index < -0.39 is 0 Å². The molecule has 0 aromatic rings. The van der Waals surface area contributed by atoms with Crippen molar-refractivity contribution >= 4 is 18.9 Å². The second-order valence-electron chi connectivity index (χ2n) is 3.90. The van der Waals surface area contributed by atoms with E-state index in [1.54, 1.807) is 0 Å². The summed E-state index contributed by atoms with van der Waals surface area (Å²) in [7, 11) is 0. The van der Waals surface area contributed by atoms with E-state index in [1.807, 2.05) is 13.8 Å². The molecule has 0 aliphatic heterocycles. The average Bonchev–Trinajstić information content (AvgIpc) is 2.12. The summed E-state index contributed by atoms with van der Waals surface area (Å²) in [6.45, 7) is 19.1. The van der Waals surface area contributed by atoms with Crippen molar-refractivity contribution in [2.75, 3.05) is 0 Å². The fraction of sp³-hybridized carbons (Fsp3) is 0.714. The molecule has 0 saturated heterocycles. The van der Waals surface area contributed by atoms with Crippen molar-refractivity contribution < 1.29 is 17.1 Å². The van der Waals surface area contributed by atoms with Crippen LogP contribution in [0.2, 0.25) is 0 Å². The number of unbranched alkanes of at least 4 members (excludes halogenated alkanes) is 2. The maximum atomic E-state index is 5.40. The summed E-state index contributed by atoms with van der Waals surface area (Å²) in [4.78, 5) is 0. The van der Waals surface area contributed by atoms with E-state index in [9.17, 15) is 0 Å². The van der Waals surface area contributed by atoms with Crippen molar-refractivity contribution in [1.82, 2.24) is 0 Å². The van der Waals surface area contributed by atoms with Gasteiger partial charge >= 0.3 is 17.1 Å². The van der Waals surface area contributed by atoms with Gasteiger partial charge < -0.3 is 13.2 Å². The fourth-order valence-corrected chi connectivity index (χ4v) is 0.911. The summed E-state index contributed by atoms with van der Waals surface area (Å²) in [5.41, 5.74) is 2.11. The minimum absolute atomic E-state index is 0. The second kappa shape index (κ2) is 20.9. The molecule has 0 unspecified atom stereocenters. The zero-order valence-corrected chi connectivity index (χ0v) is 12.6. The first-order chi connectivity index (χ1) is 6.54. The van der Waals surface area contributed by atoms with Crippen LogP contribution in [0, 0.1) is 13.2 Å². The van der Waals surface area contributed by atoms with Crippen LogP contribution in [0.4, 0.5) is 0 Å². The molecular formula is C14H26CuLi. The first kappa shape index (κ1) is 25.4. The monoisotopic (exact) mass is 264 g/mol. The number of hydrogen-bond donors (Lipinski definition) is 0. The Morgan fingerprint density at radius 2 is 1.06 bits per heavy atom. The smallest absolute Gasteiger partial charge is 0.515 e. The van der Waals surface area contributed by atoms with Gasteiger partial charge in [0.2, 0.25) is 0 Å². The topological polar surface area (TPSA) is 0 Å². The predicted octanol–water partition coefficient (Wildman–Crippen LogP) is 4.73. The Kier molecular flexibility index (Phi) is 33.3. The van der Waals surface area contributed by atoms with Crippen molar-refractivity contribution in [1.29, 1.82) is 0 Å². The molecule has 0 atom stereocenters. The normalized spacial score (nSPS) is 7.75. The van der Waals surface area contributed by atoms with Gasteiger partial charge in [0.25, 0.3) is 0 Å². The van der Waals surface area contributed by atoms with Gasteiger partial charge in [-0.15, -0.1) is 0 Å². The zero-order chi connectivity index (χ0) is 11.4. The molecule has 0 bridgehead atoms. The Hall–Kier alpha value is 0.597. The van der Waals surface area contributed by atoms with Crippen LogP contribution in [0.15, 0.2) is 11.1 Å². The number of rotatable bonds is 6. The Morgan fingerprint density at radius 3 is 1.12 bits per heavy atom. The first-order valence-corrected chi connectivity index (χ1v) is 5.70. The molecule has 0 fully saturated rings. The third kappa shape index (κ3) is 36.5. The summed E-state index contributed by atoms with van der Waals surface area (Å²) in [5.74, 6) is 0. The molecule has 0 aliphatic rings. The minimum Gasteiger partial charge on any atom is -0.515 e. The van der Waals surface area contributed by atoms with Gasteiger partial charge in [-0.3, -0.25) is 11.1 Å². The second-order valence-corrected chi connectivity index (χ2v) is 3.90. The summed E-state index contributed by atoms with van der Waals surface area (Å²) >= 11 is 0. The van der Waals surface area contributed by atoms with E-state index in [0.717, 1.165) is 24.0 Å². The van der Waals surface area contributed by atoms with Gasteiger partial charge in [0.1, 0.15) is 0 Å². The van der Waals surface area contributed by atoms with Gasteiger partial charge in [-0.2, -0.15) is 0 Å². The Labute approximate surface area is 126 Å². The van der Waals surface area contributed by atoms with Crippen LogP contribution in [-0.2, 0) is 17.1 Å². The molecule has 0 amide bonds. The number of hydrogen-bond acceptors (Lipinski definition) is 0. The van der Waals surface area contributed by atoms with Crippen LogP contribution in [0.5, 0.6) is 0 Å². The van der Waals surface area contributed by atoms with E-state index in [-0.39, 0.29) is 35.9 Å². The van der Waals surface area contributed by atoms with Crippen LogP contribution in [-0.4, -0.2) is 18.9 Å². The third-order valence-electron chi connectivity index (χ3n) is 1.85. The minimum atomic E-state index is 0. The van der Waals surface area contributed by atoms with Crippen LogP contribution >= 0.6 is 0 Å². The molecule has 0 nitrogen and oxygen atoms in total. The van der Waals surface area contributed by atoms with Gasteiger partial charge in [0, 0.05) is 18.9 Å². The maximum absolute atomic E-state index is 5.40. The van der Waals surface area contributed by atoms with Gasteiger partial charge in [-0.05, 0) is 0 Å². The van der Waals surface area contributed by atoms with E-state index in [0.29, 0.717) is 0 Å². The standard InChI is InChI=1S/2C7H13.Cu.Li/c2*1-4-5-6-7(2)3;;/h2*2H,4-6H2,1,3H3;;/q2*-1;+2;. The van der Waals surface area contributed by atoms with Crippen LogP contribution in [0.25, 0.3) is 0 Å². The molecule has 0 saturated carbocycles. The SMILES string of the molecule is [CH-]=C(C)CCCC.[CH-]=C(C)CCCC.[Cu+2].[Li]. The molecule has 0 heterocycles. The molecule has 2 radical (unpaired) electrons. The molecule has 0 aromatic carbocycles. The van der Waals surface area contributed by atoms with E-state index in [4.69, 9.17) is 13.2 Å². The summed E-state index contributed by atoms with van der Waals surface area (Å²) < 4.78 is 0. The van der Waals surface area contributed by atoms with Crippen molar-refractivity contribution in [3.63, 3.8) is 0 Å². The Bertz CT molecular complexity index is 135. The molecule has 0 aliphatic carbocycles. The van der Waals surface area contributed by atoms with Crippen molar-refractivity contribution in [3.8, 4) is 0 Å². The first-order valence-electron chi connectivity index (χ1n) is 5.70. The summed E-state index contributed by atoms with van der Waals surface area (Å²) in [6, 6.07) is 0. The summed E-state index contributed by atoms with van der Waals surface area (Å²) in [6.07, 6.45) is 7.15. The fourth-order valence-electron chi connectivity index (χ4n) is 0.911. The molecule has 0 spiro atoms. The average molecular weight is 265 g/mol.